The molecule has 0 saturated carbocycles. The van der Waals surface area contributed by atoms with Gasteiger partial charge in [-0.1, -0.05) is 0 Å². The summed E-state index contributed by atoms with van der Waals surface area (Å²) in [6, 6.07) is 5.55. The molecule has 0 aliphatic heterocycles. The molecular formula is C11H16N6. The van der Waals surface area contributed by atoms with Crippen LogP contribution in [0.15, 0.2) is 24.4 Å². The minimum atomic E-state index is 0.357. The lowest BCUT2D eigenvalue weighted by Gasteiger charge is -2.07. The minimum Gasteiger partial charge on any atom is -0.396 e. The molecule has 17 heavy (non-hydrogen) atoms. The molecule has 0 aliphatic rings. The number of nitrogen functional groups attached to an aromatic ring is 2. The Morgan fingerprint density at radius 1 is 1.29 bits per heavy atom. The Balaban J connectivity index is 1.90. The van der Waals surface area contributed by atoms with Gasteiger partial charge in [-0.15, -0.1) is 0 Å². The van der Waals surface area contributed by atoms with Gasteiger partial charge in [-0.25, -0.2) is 4.98 Å². The van der Waals surface area contributed by atoms with E-state index in [-0.39, 0.29) is 0 Å². The Kier molecular flexibility index (Phi) is 3.13. The van der Waals surface area contributed by atoms with Gasteiger partial charge in [0.05, 0.1) is 5.69 Å². The van der Waals surface area contributed by atoms with Crippen molar-refractivity contribution in [1.29, 1.82) is 0 Å². The SMILES string of the molecule is Cn1nccc1CCNc1ccc(N)c(N)n1. The maximum Gasteiger partial charge on any atom is 0.149 e. The number of rotatable bonds is 4. The summed E-state index contributed by atoms with van der Waals surface area (Å²) in [5, 5.41) is 7.30. The molecule has 2 aromatic rings. The first-order valence-corrected chi connectivity index (χ1v) is 5.39. The number of nitrogens with two attached hydrogens (primary N) is 2. The van der Waals surface area contributed by atoms with Crippen molar-refractivity contribution in [3.8, 4) is 0 Å². The lowest BCUT2D eigenvalue weighted by atomic mass is 10.3. The molecule has 2 rings (SSSR count). The molecule has 0 unspecified atom stereocenters. The second-order valence-corrected chi connectivity index (χ2v) is 3.79. The average Bonchev–Trinajstić information content (AvgIpc) is 2.70. The number of pyridine rings is 1. The van der Waals surface area contributed by atoms with Gasteiger partial charge in [0.25, 0.3) is 0 Å². The molecule has 0 amide bonds. The zero-order valence-corrected chi connectivity index (χ0v) is 9.72. The van der Waals surface area contributed by atoms with Gasteiger partial charge in [0.1, 0.15) is 11.6 Å². The number of aryl methyl sites for hydroxylation is 1. The molecular weight excluding hydrogens is 216 g/mol. The van der Waals surface area contributed by atoms with E-state index in [4.69, 9.17) is 11.5 Å². The Morgan fingerprint density at radius 2 is 2.12 bits per heavy atom. The zero-order valence-electron chi connectivity index (χ0n) is 9.72. The van der Waals surface area contributed by atoms with E-state index >= 15 is 0 Å². The van der Waals surface area contributed by atoms with Crippen LogP contribution in [0.4, 0.5) is 17.3 Å². The van der Waals surface area contributed by atoms with Crippen LogP contribution in [0.1, 0.15) is 5.69 Å². The molecule has 90 valence electrons. The van der Waals surface area contributed by atoms with Crippen LogP contribution in [0, 0.1) is 0 Å². The molecule has 6 heteroatoms. The molecule has 0 aliphatic carbocycles. The summed E-state index contributed by atoms with van der Waals surface area (Å²) in [5.74, 6) is 1.09. The lowest BCUT2D eigenvalue weighted by Crippen LogP contribution is -2.10. The third-order valence-electron chi connectivity index (χ3n) is 2.57. The van der Waals surface area contributed by atoms with Crippen LogP contribution in [0.2, 0.25) is 0 Å². The van der Waals surface area contributed by atoms with Gasteiger partial charge in [0.15, 0.2) is 0 Å². The highest BCUT2D eigenvalue weighted by Gasteiger charge is 2.00. The fourth-order valence-corrected chi connectivity index (χ4v) is 1.55. The maximum atomic E-state index is 5.62. The molecule has 0 saturated heterocycles. The summed E-state index contributed by atoms with van der Waals surface area (Å²) in [4.78, 5) is 4.13. The summed E-state index contributed by atoms with van der Waals surface area (Å²) >= 11 is 0. The third-order valence-corrected chi connectivity index (χ3v) is 2.57. The van der Waals surface area contributed by atoms with Crippen molar-refractivity contribution in [2.75, 3.05) is 23.3 Å². The molecule has 0 fully saturated rings. The van der Waals surface area contributed by atoms with Crippen LogP contribution in [0.3, 0.4) is 0 Å². The van der Waals surface area contributed by atoms with Crippen molar-refractivity contribution >= 4 is 17.3 Å². The van der Waals surface area contributed by atoms with Crippen molar-refractivity contribution in [3.63, 3.8) is 0 Å². The van der Waals surface area contributed by atoms with Gasteiger partial charge in [0, 0.05) is 31.9 Å². The van der Waals surface area contributed by atoms with Crippen LogP contribution in [-0.2, 0) is 13.5 Å². The van der Waals surface area contributed by atoms with Gasteiger partial charge in [0.2, 0.25) is 0 Å². The highest BCUT2D eigenvalue weighted by atomic mass is 15.3. The van der Waals surface area contributed by atoms with Gasteiger partial charge < -0.3 is 16.8 Å². The monoisotopic (exact) mass is 232 g/mol. The first-order chi connectivity index (χ1) is 8.16. The average molecular weight is 232 g/mol. The molecule has 5 N–H and O–H groups in total. The third kappa shape index (κ3) is 2.66. The van der Waals surface area contributed by atoms with Crippen LogP contribution in [0.5, 0.6) is 0 Å². The van der Waals surface area contributed by atoms with Crippen LogP contribution >= 0.6 is 0 Å². The second-order valence-electron chi connectivity index (χ2n) is 3.79. The summed E-state index contributed by atoms with van der Waals surface area (Å²) in [6.45, 7) is 0.774. The van der Waals surface area contributed by atoms with Gasteiger partial charge >= 0.3 is 0 Å². The minimum absolute atomic E-state index is 0.357. The predicted molar refractivity (Wildman–Crippen MR) is 68.5 cm³/mol. The first-order valence-electron chi connectivity index (χ1n) is 5.39. The predicted octanol–water partition coefficient (Wildman–Crippen LogP) is 0.634. The fraction of sp³-hybridized carbons (Fsp3) is 0.273. The van der Waals surface area contributed by atoms with E-state index in [9.17, 15) is 0 Å². The van der Waals surface area contributed by atoms with E-state index < -0.39 is 0 Å². The summed E-state index contributed by atoms with van der Waals surface area (Å²) in [5.41, 5.74) is 12.9. The van der Waals surface area contributed by atoms with Crippen molar-refractivity contribution in [1.82, 2.24) is 14.8 Å². The van der Waals surface area contributed by atoms with Gasteiger partial charge in [-0.05, 0) is 18.2 Å². The lowest BCUT2D eigenvalue weighted by molar-refractivity contribution is 0.711. The molecule has 0 spiro atoms. The van der Waals surface area contributed by atoms with Gasteiger partial charge in [-0.2, -0.15) is 5.10 Å². The molecule has 2 aromatic heterocycles. The Bertz CT molecular complexity index is 504. The van der Waals surface area contributed by atoms with Crippen LogP contribution < -0.4 is 16.8 Å². The molecule has 0 bridgehead atoms. The topological polar surface area (TPSA) is 94.8 Å². The molecule has 0 radical (unpaired) electrons. The number of nitrogens with one attached hydrogen (secondary N) is 1. The van der Waals surface area contributed by atoms with E-state index in [1.807, 2.05) is 23.9 Å². The van der Waals surface area contributed by atoms with E-state index in [0.717, 1.165) is 18.8 Å². The Morgan fingerprint density at radius 3 is 2.76 bits per heavy atom. The molecule has 6 nitrogen and oxygen atoms in total. The fourth-order valence-electron chi connectivity index (χ4n) is 1.55. The Hall–Kier alpha value is -2.24. The van der Waals surface area contributed by atoms with Crippen molar-refractivity contribution in [2.45, 2.75) is 6.42 Å². The van der Waals surface area contributed by atoms with Gasteiger partial charge in [-0.3, -0.25) is 4.68 Å². The number of aromatic nitrogens is 3. The largest absolute Gasteiger partial charge is 0.396 e. The number of nitrogens with zero attached hydrogens (tertiary/aromatic N) is 3. The number of hydrogen-bond acceptors (Lipinski definition) is 5. The van der Waals surface area contributed by atoms with Crippen molar-refractivity contribution in [3.05, 3.63) is 30.1 Å². The highest BCUT2D eigenvalue weighted by molar-refractivity contribution is 5.61. The van der Waals surface area contributed by atoms with Crippen molar-refractivity contribution in [2.24, 2.45) is 7.05 Å². The molecule has 0 atom stereocenters. The van der Waals surface area contributed by atoms with E-state index in [2.05, 4.69) is 15.4 Å². The van der Waals surface area contributed by atoms with E-state index in [1.54, 1.807) is 12.3 Å². The number of hydrogen-bond donors (Lipinski definition) is 3. The number of anilines is 3. The molecule has 0 aromatic carbocycles. The van der Waals surface area contributed by atoms with E-state index in [1.165, 1.54) is 5.69 Å². The maximum absolute atomic E-state index is 5.62. The molecule has 2 heterocycles. The second kappa shape index (κ2) is 4.73. The smallest absolute Gasteiger partial charge is 0.149 e. The Labute approximate surface area is 99.6 Å². The zero-order chi connectivity index (χ0) is 12.3. The normalized spacial score (nSPS) is 10.4. The van der Waals surface area contributed by atoms with Crippen LogP contribution in [-0.4, -0.2) is 21.3 Å². The first kappa shape index (κ1) is 11.3. The quantitative estimate of drug-likeness (QED) is 0.719. The highest BCUT2D eigenvalue weighted by Crippen LogP contribution is 2.14. The summed E-state index contributed by atoms with van der Waals surface area (Å²) in [6.07, 6.45) is 2.66. The van der Waals surface area contributed by atoms with Crippen LogP contribution in [0.25, 0.3) is 0 Å². The summed E-state index contributed by atoms with van der Waals surface area (Å²) in [7, 11) is 1.93. The standard InChI is InChI=1S/C11H16N6/c1-17-8(5-7-15-17)4-6-14-10-3-2-9(12)11(13)16-10/h2-3,5,7H,4,6,12H2,1H3,(H3,13,14,16). The van der Waals surface area contributed by atoms with Crippen molar-refractivity contribution < 1.29 is 0 Å². The van der Waals surface area contributed by atoms with E-state index in [0.29, 0.717) is 11.5 Å². The summed E-state index contributed by atoms with van der Waals surface area (Å²) < 4.78 is 1.85.